The fourth-order valence-electron chi connectivity index (χ4n) is 1.38. The van der Waals surface area contributed by atoms with Gasteiger partial charge in [-0.1, -0.05) is 0 Å². The van der Waals surface area contributed by atoms with Crippen LogP contribution in [-0.4, -0.2) is 18.5 Å². The summed E-state index contributed by atoms with van der Waals surface area (Å²) >= 11 is 1.21. The number of aryl methyl sites for hydroxylation is 1. The van der Waals surface area contributed by atoms with E-state index in [4.69, 9.17) is 5.73 Å². The lowest BCUT2D eigenvalue weighted by Crippen LogP contribution is -2.44. The van der Waals surface area contributed by atoms with Crippen molar-refractivity contribution in [2.45, 2.75) is 38.5 Å². The van der Waals surface area contributed by atoms with Gasteiger partial charge < -0.3 is 10.5 Å². The van der Waals surface area contributed by atoms with Gasteiger partial charge in [0.2, 0.25) is 6.10 Å². The minimum atomic E-state index is -5.49. The number of alkyl halides is 6. The molecule has 0 fully saturated rings. The summed E-state index contributed by atoms with van der Waals surface area (Å²) in [5.74, 6) is 0. The SMILES string of the molecule is Cc1sc(CN)cc1COC(C(F)(F)F)C(F)(F)F. The topological polar surface area (TPSA) is 35.2 Å². The highest BCUT2D eigenvalue weighted by Gasteiger charge is 2.57. The molecule has 110 valence electrons. The molecule has 1 aromatic heterocycles. The number of ether oxygens (including phenoxy) is 1. The van der Waals surface area contributed by atoms with Crippen molar-refractivity contribution < 1.29 is 31.1 Å². The van der Waals surface area contributed by atoms with Gasteiger partial charge in [0, 0.05) is 16.3 Å². The largest absolute Gasteiger partial charge is 0.423 e. The van der Waals surface area contributed by atoms with Gasteiger partial charge in [0.15, 0.2) is 0 Å². The van der Waals surface area contributed by atoms with Crippen LogP contribution in [0.2, 0.25) is 0 Å². The van der Waals surface area contributed by atoms with E-state index >= 15 is 0 Å². The number of nitrogens with two attached hydrogens (primary N) is 1. The van der Waals surface area contributed by atoms with Crippen LogP contribution < -0.4 is 5.73 Å². The minimum absolute atomic E-state index is 0.174. The van der Waals surface area contributed by atoms with Gasteiger partial charge in [-0.2, -0.15) is 26.3 Å². The van der Waals surface area contributed by atoms with Gasteiger partial charge in [-0.15, -0.1) is 11.3 Å². The number of rotatable bonds is 4. The zero-order valence-electron chi connectivity index (χ0n) is 9.73. The zero-order chi connectivity index (χ0) is 14.8. The standard InChI is InChI=1S/C10H11F6NOS/c1-5-6(2-7(3-17)19-5)4-18-8(9(11,12)13)10(14,15)16/h2,8H,3-4,17H2,1H3. The molecule has 0 aromatic carbocycles. The van der Waals surface area contributed by atoms with E-state index in [1.54, 1.807) is 6.92 Å². The Bertz CT molecular complexity index is 411. The number of thiophene rings is 1. The molecule has 0 bridgehead atoms. The van der Waals surface area contributed by atoms with E-state index in [-0.39, 0.29) is 12.1 Å². The quantitative estimate of drug-likeness (QED) is 0.864. The first-order chi connectivity index (χ1) is 8.55. The van der Waals surface area contributed by atoms with Crippen molar-refractivity contribution in [1.29, 1.82) is 0 Å². The Balaban J connectivity index is 2.79. The van der Waals surface area contributed by atoms with Crippen LogP contribution in [-0.2, 0) is 17.9 Å². The summed E-state index contributed by atoms with van der Waals surface area (Å²) in [6.45, 7) is 0.998. The van der Waals surface area contributed by atoms with Gasteiger partial charge in [0.1, 0.15) is 0 Å². The first-order valence-electron chi connectivity index (χ1n) is 5.09. The average Bonchev–Trinajstić information content (AvgIpc) is 2.56. The lowest BCUT2D eigenvalue weighted by atomic mass is 10.2. The summed E-state index contributed by atoms with van der Waals surface area (Å²) in [5, 5.41) is 0. The molecule has 0 amide bonds. The molecule has 1 heterocycles. The number of halogens is 6. The smallest absolute Gasteiger partial charge is 0.356 e. The van der Waals surface area contributed by atoms with Crippen molar-refractivity contribution in [1.82, 2.24) is 0 Å². The van der Waals surface area contributed by atoms with E-state index in [1.165, 1.54) is 17.4 Å². The van der Waals surface area contributed by atoms with Crippen LogP contribution in [0, 0.1) is 6.92 Å². The molecular formula is C10H11F6NOS. The van der Waals surface area contributed by atoms with Crippen LogP contribution in [0.15, 0.2) is 6.07 Å². The Morgan fingerprint density at radius 3 is 2.11 bits per heavy atom. The Morgan fingerprint density at radius 1 is 1.21 bits per heavy atom. The van der Waals surface area contributed by atoms with Gasteiger partial charge in [0.25, 0.3) is 0 Å². The molecule has 0 aliphatic rings. The number of hydrogen-bond donors (Lipinski definition) is 1. The van der Waals surface area contributed by atoms with Crippen LogP contribution in [0.5, 0.6) is 0 Å². The molecule has 0 radical (unpaired) electrons. The second kappa shape index (κ2) is 5.68. The molecule has 0 spiro atoms. The summed E-state index contributed by atoms with van der Waals surface area (Å²) in [6.07, 6.45) is -14.8. The first kappa shape index (κ1) is 16.3. The van der Waals surface area contributed by atoms with Gasteiger partial charge in [0.05, 0.1) is 6.61 Å². The summed E-state index contributed by atoms with van der Waals surface area (Å²) < 4.78 is 77.4. The predicted octanol–water partition coefficient (Wildman–Crippen LogP) is 3.53. The van der Waals surface area contributed by atoms with E-state index in [9.17, 15) is 26.3 Å². The number of hydrogen-bond acceptors (Lipinski definition) is 3. The highest BCUT2D eigenvalue weighted by molar-refractivity contribution is 7.12. The average molecular weight is 307 g/mol. The Hall–Kier alpha value is -0.800. The molecule has 9 heteroatoms. The van der Waals surface area contributed by atoms with E-state index in [2.05, 4.69) is 4.74 Å². The summed E-state index contributed by atoms with van der Waals surface area (Å²) in [6, 6.07) is 1.45. The lowest BCUT2D eigenvalue weighted by Gasteiger charge is -2.23. The van der Waals surface area contributed by atoms with Crippen LogP contribution in [0.4, 0.5) is 26.3 Å². The molecule has 19 heavy (non-hydrogen) atoms. The normalized spacial score (nSPS) is 13.3. The molecule has 0 aliphatic heterocycles. The highest BCUT2D eigenvalue weighted by atomic mass is 32.1. The molecule has 0 saturated heterocycles. The fraction of sp³-hybridized carbons (Fsp3) is 0.600. The summed E-state index contributed by atoms with van der Waals surface area (Å²) in [7, 11) is 0. The van der Waals surface area contributed by atoms with Crippen molar-refractivity contribution in [3.05, 3.63) is 21.4 Å². The monoisotopic (exact) mass is 307 g/mol. The lowest BCUT2D eigenvalue weighted by molar-refractivity contribution is -0.324. The predicted molar refractivity (Wildman–Crippen MR) is 57.6 cm³/mol. The molecule has 0 aliphatic carbocycles. The third-order valence-electron chi connectivity index (χ3n) is 2.27. The zero-order valence-corrected chi connectivity index (χ0v) is 10.5. The maximum absolute atomic E-state index is 12.2. The van der Waals surface area contributed by atoms with E-state index in [1.807, 2.05) is 0 Å². The Labute approximate surface area is 109 Å². The second-order valence-electron chi connectivity index (χ2n) is 3.77. The summed E-state index contributed by atoms with van der Waals surface area (Å²) in [5.41, 5.74) is 5.62. The first-order valence-corrected chi connectivity index (χ1v) is 5.90. The molecule has 1 aromatic rings. The Kier molecular flexibility index (Phi) is 4.86. The van der Waals surface area contributed by atoms with Gasteiger partial charge in [-0.05, 0) is 18.6 Å². The van der Waals surface area contributed by atoms with E-state index in [0.29, 0.717) is 9.75 Å². The molecule has 0 saturated carbocycles. The van der Waals surface area contributed by atoms with Crippen molar-refractivity contribution in [3.8, 4) is 0 Å². The fourth-order valence-corrected chi connectivity index (χ4v) is 2.31. The highest BCUT2D eigenvalue weighted by Crippen LogP contribution is 2.36. The second-order valence-corrected chi connectivity index (χ2v) is 5.11. The van der Waals surface area contributed by atoms with Crippen LogP contribution in [0.25, 0.3) is 0 Å². The van der Waals surface area contributed by atoms with Crippen molar-refractivity contribution in [3.63, 3.8) is 0 Å². The van der Waals surface area contributed by atoms with Gasteiger partial charge >= 0.3 is 12.4 Å². The van der Waals surface area contributed by atoms with Crippen LogP contribution >= 0.6 is 11.3 Å². The van der Waals surface area contributed by atoms with E-state index < -0.39 is 25.1 Å². The molecular weight excluding hydrogens is 296 g/mol. The Morgan fingerprint density at radius 2 is 1.74 bits per heavy atom. The summed E-state index contributed by atoms with van der Waals surface area (Å²) in [4.78, 5) is 1.26. The van der Waals surface area contributed by atoms with Gasteiger partial charge in [-0.3, -0.25) is 0 Å². The maximum Gasteiger partial charge on any atom is 0.423 e. The molecule has 1 rings (SSSR count). The third-order valence-corrected chi connectivity index (χ3v) is 3.39. The molecule has 0 unspecified atom stereocenters. The maximum atomic E-state index is 12.2. The minimum Gasteiger partial charge on any atom is -0.356 e. The van der Waals surface area contributed by atoms with Crippen LogP contribution in [0.1, 0.15) is 15.3 Å². The van der Waals surface area contributed by atoms with Gasteiger partial charge in [-0.25, -0.2) is 0 Å². The van der Waals surface area contributed by atoms with Crippen molar-refractivity contribution in [2.24, 2.45) is 5.73 Å². The van der Waals surface area contributed by atoms with Crippen LogP contribution in [0.3, 0.4) is 0 Å². The molecule has 2 nitrogen and oxygen atoms in total. The molecule has 0 atom stereocenters. The van der Waals surface area contributed by atoms with Crippen molar-refractivity contribution >= 4 is 11.3 Å². The van der Waals surface area contributed by atoms with Crippen molar-refractivity contribution in [2.75, 3.05) is 0 Å². The third kappa shape index (κ3) is 4.36. The van der Waals surface area contributed by atoms with E-state index in [0.717, 1.165) is 0 Å². The molecule has 2 N–H and O–H groups in total.